The number of nitrogens with two attached hydrogens (primary N) is 1. The highest BCUT2D eigenvalue weighted by Gasteiger charge is 2.35. The Morgan fingerprint density at radius 3 is 2.08 bits per heavy atom. The van der Waals surface area contributed by atoms with E-state index in [9.17, 15) is 9.18 Å². The molecule has 53 heavy (non-hydrogen) atoms. The lowest BCUT2D eigenvalue weighted by Crippen LogP contribution is -2.37. The molecule has 3 N–H and O–H groups in total. The molecule has 0 aliphatic carbocycles. The van der Waals surface area contributed by atoms with Gasteiger partial charge in [-0.1, -0.05) is 85.6 Å². The molecule has 0 aromatic heterocycles. The first-order chi connectivity index (χ1) is 25.0. The van der Waals surface area contributed by atoms with Crippen molar-refractivity contribution in [3.8, 4) is 11.5 Å². The fraction of sp³-hybridized carbons (Fsp3) is 0.432. The molecule has 1 amide bonds. The van der Waals surface area contributed by atoms with Crippen LogP contribution in [0.3, 0.4) is 0 Å². The summed E-state index contributed by atoms with van der Waals surface area (Å²) in [6, 6.07) is 32.9. The molecule has 288 valence electrons. The zero-order valence-electron chi connectivity index (χ0n) is 31.4. The van der Waals surface area contributed by atoms with Crippen molar-refractivity contribution in [2.24, 2.45) is 5.73 Å². The minimum atomic E-state index is -0.260. The van der Waals surface area contributed by atoms with Gasteiger partial charge in [-0.05, 0) is 117 Å². The van der Waals surface area contributed by atoms with Crippen molar-refractivity contribution in [2.75, 3.05) is 40.4 Å². The van der Waals surface area contributed by atoms with Crippen molar-refractivity contribution in [2.45, 2.75) is 82.1 Å². The van der Waals surface area contributed by atoms with Gasteiger partial charge >= 0.3 is 0 Å². The number of halogens is 3. The van der Waals surface area contributed by atoms with Crippen molar-refractivity contribution >= 4 is 30.7 Å². The molecule has 0 radical (unpaired) electrons. The third kappa shape index (κ3) is 11.9. The average molecular weight is 767 g/mol. The van der Waals surface area contributed by atoms with Crippen LogP contribution in [0.4, 0.5) is 4.39 Å². The van der Waals surface area contributed by atoms with Gasteiger partial charge in [-0.2, -0.15) is 0 Å². The van der Waals surface area contributed by atoms with Crippen molar-refractivity contribution in [1.82, 2.24) is 10.2 Å². The molecule has 0 saturated heterocycles. The Labute approximate surface area is 328 Å². The van der Waals surface area contributed by atoms with Crippen molar-refractivity contribution in [1.29, 1.82) is 0 Å². The second kappa shape index (κ2) is 22.6. The van der Waals surface area contributed by atoms with Crippen LogP contribution in [-0.4, -0.2) is 51.2 Å². The number of methoxy groups -OCH3 is 2. The number of carbonyl (C=O) groups excluding carboxylic acids is 1. The summed E-state index contributed by atoms with van der Waals surface area (Å²) in [7, 11) is 3.42. The van der Waals surface area contributed by atoms with Crippen LogP contribution in [0, 0.1) is 5.82 Å². The lowest BCUT2D eigenvalue weighted by Gasteiger charge is -2.40. The largest absolute Gasteiger partial charge is 0.493 e. The number of benzene rings is 4. The van der Waals surface area contributed by atoms with Crippen LogP contribution < -0.4 is 20.5 Å². The molecule has 1 atom stereocenters. The minimum Gasteiger partial charge on any atom is -0.493 e. The van der Waals surface area contributed by atoms with Crippen molar-refractivity contribution in [3.63, 3.8) is 0 Å². The van der Waals surface area contributed by atoms with Gasteiger partial charge in [-0.25, -0.2) is 4.39 Å². The Hall–Kier alpha value is -3.62. The van der Waals surface area contributed by atoms with E-state index in [1.807, 2.05) is 0 Å². The second-order valence-electron chi connectivity index (χ2n) is 13.8. The molecule has 0 fully saturated rings. The van der Waals surface area contributed by atoms with Gasteiger partial charge in [0.25, 0.3) is 0 Å². The summed E-state index contributed by atoms with van der Waals surface area (Å²) in [4.78, 5) is 15.5. The monoisotopic (exact) mass is 765 g/mol. The second-order valence-corrected chi connectivity index (χ2v) is 13.8. The lowest BCUT2D eigenvalue weighted by atomic mass is 9.68. The van der Waals surface area contributed by atoms with E-state index >= 15 is 0 Å². The number of ether oxygens (including phenoxy) is 2. The number of aryl methyl sites for hydroxylation is 1. The average Bonchev–Trinajstić information content (AvgIpc) is 3.17. The summed E-state index contributed by atoms with van der Waals surface area (Å²) in [5, 5.41) is 3.16. The summed E-state index contributed by atoms with van der Waals surface area (Å²) < 4.78 is 24.7. The number of rotatable bonds is 20. The number of carbonyl (C=O) groups is 1. The highest BCUT2D eigenvalue weighted by atomic mass is 35.5. The lowest BCUT2D eigenvalue weighted by molar-refractivity contribution is -0.121. The number of nitrogens with one attached hydrogen (secondary N) is 1. The standard InChI is InChI=1S/C44H56FN3O3.2ClH/c1-50-41-32-35-25-31-48(40(18-10-5-11-28-46)39(35)33-42(41)51-2)30-13-27-44(36-14-6-3-7-15-36,37-16-8-4-9-17-37)26-12-29-47-43(49)24-21-34-19-22-38(45)23-20-34;;/h3-4,6-9,14-17,19-20,22-23,32-33,40H,5,10-13,18,21,24-31,46H2,1-2H3,(H,47,49);2*1H. The van der Waals surface area contributed by atoms with Gasteiger partial charge in [0.05, 0.1) is 14.2 Å². The maximum Gasteiger partial charge on any atom is 0.220 e. The smallest absolute Gasteiger partial charge is 0.220 e. The summed E-state index contributed by atoms with van der Waals surface area (Å²) in [6.45, 7) is 3.36. The molecular formula is C44H58Cl2FN3O3. The first-order valence-corrected chi connectivity index (χ1v) is 18.8. The third-order valence-corrected chi connectivity index (χ3v) is 10.7. The molecular weight excluding hydrogens is 708 g/mol. The maximum absolute atomic E-state index is 13.3. The van der Waals surface area contributed by atoms with E-state index in [0.717, 1.165) is 94.5 Å². The molecule has 4 aromatic carbocycles. The number of amides is 1. The molecule has 0 bridgehead atoms. The van der Waals surface area contributed by atoms with Gasteiger partial charge in [0.15, 0.2) is 11.5 Å². The van der Waals surface area contributed by atoms with E-state index in [1.54, 1.807) is 26.4 Å². The van der Waals surface area contributed by atoms with E-state index < -0.39 is 0 Å². The molecule has 1 unspecified atom stereocenters. The fourth-order valence-electron chi connectivity index (χ4n) is 7.93. The van der Waals surface area contributed by atoms with Crippen LogP contribution >= 0.6 is 24.8 Å². The minimum absolute atomic E-state index is 0. The van der Waals surface area contributed by atoms with Crippen LogP contribution in [0.15, 0.2) is 97.1 Å². The Kier molecular flexibility index (Phi) is 18.6. The van der Waals surface area contributed by atoms with Crippen molar-refractivity contribution < 1.29 is 18.7 Å². The molecule has 4 aromatic rings. The first-order valence-electron chi connectivity index (χ1n) is 18.8. The molecule has 9 heteroatoms. The molecule has 0 saturated carbocycles. The molecule has 5 rings (SSSR count). The predicted octanol–water partition coefficient (Wildman–Crippen LogP) is 9.40. The van der Waals surface area contributed by atoms with Crippen LogP contribution in [0.25, 0.3) is 0 Å². The highest BCUT2D eigenvalue weighted by Crippen LogP contribution is 2.43. The summed E-state index contributed by atoms with van der Waals surface area (Å²) in [5.41, 5.74) is 12.0. The fourth-order valence-corrected chi connectivity index (χ4v) is 7.93. The van der Waals surface area contributed by atoms with Gasteiger partial charge in [0, 0.05) is 31.0 Å². The molecule has 1 heterocycles. The molecule has 0 spiro atoms. The van der Waals surface area contributed by atoms with E-state index in [1.165, 1.54) is 34.4 Å². The SMILES string of the molecule is COc1cc2c(cc1OC)C(CCCCCN)N(CCCC(CCCNC(=O)CCc1ccc(F)cc1)(c1ccccc1)c1ccccc1)CC2.Cl.Cl. The predicted molar refractivity (Wildman–Crippen MR) is 219 cm³/mol. The van der Waals surface area contributed by atoms with Crippen LogP contribution in [0.2, 0.25) is 0 Å². The quantitative estimate of drug-likeness (QED) is 0.0878. The molecule has 1 aliphatic heterocycles. The summed E-state index contributed by atoms with van der Waals surface area (Å²) in [5.74, 6) is 1.36. The number of hydrogen-bond donors (Lipinski definition) is 2. The van der Waals surface area contributed by atoms with Gasteiger partial charge in [-0.3, -0.25) is 9.69 Å². The molecule has 1 aliphatic rings. The number of fused-ring (bicyclic) bond motifs is 1. The Balaban J connectivity index is 0.00000378. The maximum atomic E-state index is 13.3. The van der Waals surface area contributed by atoms with Crippen LogP contribution in [-0.2, 0) is 23.1 Å². The van der Waals surface area contributed by atoms with E-state index in [0.29, 0.717) is 25.4 Å². The van der Waals surface area contributed by atoms with Crippen molar-refractivity contribution in [3.05, 3.63) is 131 Å². The highest BCUT2D eigenvalue weighted by molar-refractivity contribution is 5.85. The zero-order chi connectivity index (χ0) is 35.9. The Morgan fingerprint density at radius 2 is 1.45 bits per heavy atom. The number of unbranched alkanes of at least 4 members (excludes halogenated alkanes) is 2. The summed E-state index contributed by atoms with van der Waals surface area (Å²) >= 11 is 0. The summed E-state index contributed by atoms with van der Waals surface area (Å²) in [6.07, 6.45) is 10.2. The van der Waals surface area contributed by atoms with Crippen LogP contribution in [0.1, 0.15) is 91.6 Å². The van der Waals surface area contributed by atoms with E-state index in [-0.39, 0.29) is 42.0 Å². The first kappa shape index (κ1) is 43.8. The normalized spacial score (nSPS) is 14.0. The van der Waals surface area contributed by atoms with Gasteiger partial charge < -0.3 is 20.5 Å². The van der Waals surface area contributed by atoms with Gasteiger partial charge in [0.1, 0.15) is 5.82 Å². The topological polar surface area (TPSA) is 76.8 Å². The Morgan fingerprint density at radius 1 is 0.830 bits per heavy atom. The van der Waals surface area contributed by atoms with E-state index in [2.05, 4.69) is 83.0 Å². The molecule has 6 nitrogen and oxygen atoms in total. The van der Waals surface area contributed by atoms with Gasteiger partial charge in [-0.15, -0.1) is 24.8 Å². The number of hydrogen-bond acceptors (Lipinski definition) is 5. The number of nitrogens with zero attached hydrogens (tertiary/aromatic N) is 1. The Bertz CT molecular complexity index is 1600. The third-order valence-electron chi connectivity index (χ3n) is 10.7. The van der Waals surface area contributed by atoms with Gasteiger partial charge in [0.2, 0.25) is 5.91 Å². The zero-order valence-corrected chi connectivity index (χ0v) is 33.0. The van der Waals surface area contributed by atoms with E-state index in [4.69, 9.17) is 15.2 Å². The van der Waals surface area contributed by atoms with Crippen LogP contribution in [0.5, 0.6) is 11.5 Å².